The molecule has 1 aromatic rings. The largest absolute Gasteiger partial charge is 0.439 e. The zero-order valence-electron chi connectivity index (χ0n) is 13.1. The minimum absolute atomic E-state index is 0.247. The standard InChI is InChI=1S/C17H20N2O4/c1-2-3-11-4-6-12(7-5-11)14-10-19(17(22)23-14)13-8-9-15(20)18-16(13)21/h4-7,13-14H,2-3,8-10H2,1H3,(H,18,20,21)/t13?,14-/m0/s1. The second-order valence-electron chi connectivity index (χ2n) is 5.98. The number of nitrogens with zero attached hydrogens (tertiary/aromatic N) is 1. The molecule has 2 aliphatic heterocycles. The maximum atomic E-state index is 12.1. The van der Waals surface area contributed by atoms with E-state index in [2.05, 4.69) is 12.2 Å². The third kappa shape index (κ3) is 3.21. The summed E-state index contributed by atoms with van der Waals surface area (Å²) in [4.78, 5) is 36.7. The topological polar surface area (TPSA) is 75.7 Å². The first-order valence-electron chi connectivity index (χ1n) is 7.98. The highest BCUT2D eigenvalue weighted by Gasteiger charge is 2.41. The van der Waals surface area contributed by atoms with Crippen LogP contribution in [-0.4, -0.2) is 35.4 Å². The number of imide groups is 1. The molecular weight excluding hydrogens is 296 g/mol. The molecule has 2 saturated heterocycles. The van der Waals surface area contributed by atoms with Crippen LogP contribution in [0, 0.1) is 0 Å². The van der Waals surface area contributed by atoms with E-state index in [0.29, 0.717) is 13.0 Å². The van der Waals surface area contributed by atoms with Gasteiger partial charge in [-0.05, 0) is 24.0 Å². The average molecular weight is 316 g/mol. The van der Waals surface area contributed by atoms with E-state index in [0.717, 1.165) is 18.4 Å². The van der Waals surface area contributed by atoms with Crippen LogP contribution in [0.4, 0.5) is 4.79 Å². The van der Waals surface area contributed by atoms with Gasteiger partial charge in [-0.15, -0.1) is 0 Å². The van der Waals surface area contributed by atoms with Crippen LogP contribution >= 0.6 is 0 Å². The fourth-order valence-electron chi connectivity index (χ4n) is 3.07. The molecule has 3 amide bonds. The van der Waals surface area contributed by atoms with E-state index in [1.54, 1.807) is 0 Å². The number of cyclic esters (lactones) is 1. The number of aryl methyl sites for hydroxylation is 1. The molecule has 0 bridgehead atoms. The summed E-state index contributed by atoms with van der Waals surface area (Å²) in [6.45, 7) is 2.46. The van der Waals surface area contributed by atoms with Gasteiger partial charge in [0.2, 0.25) is 11.8 Å². The Balaban J connectivity index is 1.69. The Kier molecular flexibility index (Phi) is 4.32. The van der Waals surface area contributed by atoms with E-state index in [1.807, 2.05) is 24.3 Å². The number of carbonyl (C=O) groups excluding carboxylic acids is 3. The van der Waals surface area contributed by atoms with Crippen molar-refractivity contribution in [3.63, 3.8) is 0 Å². The fourth-order valence-corrected chi connectivity index (χ4v) is 3.07. The lowest BCUT2D eigenvalue weighted by Crippen LogP contribution is -2.52. The minimum Gasteiger partial charge on any atom is -0.439 e. The number of rotatable bonds is 4. The molecule has 3 rings (SSSR count). The lowest BCUT2D eigenvalue weighted by molar-refractivity contribution is -0.136. The highest BCUT2D eigenvalue weighted by molar-refractivity contribution is 6.01. The molecule has 0 radical (unpaired) electrons. The number of amides is 3. The molecule has 2 atom stereocenters. The van der Waals surface area contributed by atoms with Gasteiger partial charge in [0.1, 0.15) is 12.1 Å². The summed E-state index contributed by atoms with van der Waals surface area (Å²) in [5.41, 5.74) is 2.18. The summed E-state index contributed by atoms with van der Waals surface area (Å²) >= 11 is 0. The summed E-state index contributed by atoms with van der Waals surface area (Å²) in [5.74, 6) is -0.709. The highest BCUT2D eigenvalue weighted by atomic mass is 16.6. The zero-order valence-corrected chi connectivity index (χ0v) is 13.1. The van der Waals surface area contributed by atoms with Gasteiger partial charge in [0.15, 0.2) is 0 Å². The van der Waals surface area contributed by atoms with Crippen molar-refractivity contribution in [1.29, 1.82) is 0 Å². The van der Waals surface area contributed by atoms with Gasteiger partial charge >= 0.3 is 6.09 Å². The molecule has 122 valence electrons. The van der Waals surface area contributed by atoms with Crippen molar-refractivity contribution in [2.75, 3.05) is 6.54 Å². The Morgan fingerprint density at radius 1 is 1.22 bits per heavy atom. The van der Waals surface area contributed by atoms with Crippen molar-refractivity contribution in [2.24, 2.45) is 0 Å². The van der Waals surface area contributed by atoms with Crippen molar-refractivity contribution in [3.8, 4) is 0 Å². The fraction of sp³-hybridized carbons (Fsp3) is 0.471. The van der Waals surface area contributed by atoms with Crippen molar-refractivity contribution in [1.82, 2.24) is 10.2 Å². The third-order valence-electron chi connectivity index (χ3n) is 4.32. The lowest BCUT2D eigenvalue weighted by Gasteiger charge is -2.27. The average Bonchev–Trinajstić information content (AvgIpc) is 2.90. The number of ether oxygens (including phenoxy) is 1. The van der Waals surface area contributed by atoms with Crippen LogP contribution < -0.4 is 5.32 Å². The Hall–Kier alpha value is -2.37. The van der Waals surface area contributed by atoms with E-state index < -0.39 is 18.0 Å². The molecule has 2 heterocycles. The van der Waals surface area contributed by atoms with Gasteiger partial charge in [0, 0.05) is 6.42 Å². The first-order valence-corrected chi connectivity index (χ1v) is 7.98. The maximum absolute atomic E-state index is 12.1. The van der Waals surface area contributed by atoms with Crippen molar-refractivity contribution >= 4 is 17.9 Å². The molecular formula is C17H20N2O4. The van der Waals surface area contributed by atoms with Crippen LogP contribution in [0.5, 0.6) is 0 Å². The number of nitrogens with one attached hydrogen (secondary N) is 1. The summed E-state index contributed by atoms with van der Waals surface area (Å²) < 4.78 is 5.41. The van der Waals surface area contributed by atoms with Gasteiger partial charge in [-0.2, -0.15) is 0 Å². The number of benzene rings is 1. The van der Waals surface area contributed by atoms with Crippen LogP contribution in [0.3, 0.4) is 0 Å². The first kappa shape index (κ1) is 15.5. The smallest absolute Gasteiger partial charge is 0.411 e. The second-order valence-corrected chi connectivity index (χ2v) is 5.98. The Morgan fingerprint density at radius 2 is 1.96 bits per heavy atom. The van der Waals surface area contributed by atoms with Crippen molar-refractivity contribution in [3.05, 3.63) is 35.4 Å². The van der Waals surface area contributed by atoms with E-state index in [1.165, 1.54) is 10.5 Å². The lowest BCUT2D eigenvalue weighted by atomic mass is 10.0. The monoisotopic (exact) mass is 316 g/mol. The van der Waals surface area contributed by atoms with Crippen LogP contribution in [-0.2, 0) is 20.7 Å². The number of piperidine rings is 1. The summed E-state index contributed by atoms with van der Waals surface area (Å²) in [6.07, 6.45) is 1.83. The molecule has 6 heteroatoms. The summed E-state index contributed by atoms with van der Waals surface area (Å²) in [5, 5.41) is 2.28. The number of carbonyl (C=O) groups is 3. The molecule has 0 saturated carbocycles. The van der Waals surface area contributed by atoms with Gasteiger partial charge in [-0.1, -0.05) is 37.6 Å². The van der Waals surface area contributed by atoms with Crippen LogP contribution in [0.25, 0.3) is 0 Å². The highest BCUT2D eigenvalue weighted by Crippen LogP contribution is 2.29. The van der Waals surface area contributed by atoms with E-state index >= 15 is 0 Å². The van der Waals surface area contributed by atoms with Crippen molar-refractivity contribution in [2.45, 2.75) is 44.8 Å². The molecule has 0 aromatic heterocycles. The van der Waals surface area contributed by atoms with Gasteiger partial charge in [-0.25, -0.2) is 4.79 Å². The van der Waals surface area contributed by atoms with Gasteiger partial charge in [0.25, 0.3) is 0 Å². The Morgan fingerprint density at radius 3 is 2.61 bits per heavy atom. The zero-order chi connectivity index (χ0) is 16.4. The Bertz CT molecular complexity index is 626. The minimum atomic E-state index is -0.621. The van der Waals surface area contributed by atoms with Crippen LogP contribution in [0.2, 0.25) is 0 Å². The van der Waals surface area contributed by atoms with Gasteiger partial charge in [-0.3, -0.25) is 19.8 Å². The molecule has 1 N–H and O–H groups in total. The molecule has 1 aromatic carbocycles. The predicted molar refractivity (Wildman–Crippen MR) is 82.5 cm³/mol. The van der Waals surface area contributed by atoms with Crippen molar-refractivity contribution < 1.29 is 19.1 Å². The molecule has 1 unspecified atom stereocenters. The van der Waals surface area contributed by atoms with E-state index in [9.17, 15) is 14.4 Å². The predicted octanol–water partition coefficient (Wildman–Crippen LogP) is 1.94. The maximum Gasteiger partial charge on any atom is 0.411 e. The molecule has 6 nitrogen and oxygen atoms in total. The van der Waals surface area contributed by atoms with Gasteiger partial charge < -0.3 is 4.74 Å². The third-order valence-corrected chi connectivity index (χ3v) is 4.32. The molecule has 2 aliphatic rings. The first-order chi connectivity index (χ1) is 11.1. The summed E-state index contributed by atoms with van der Waals surface area (Å²) in [6, 6.07) is 7.40. The van der Waals surface area contributed by atoms with Crippen LogP contribution in [0.1, 0.15) is 43.4 Å². The van der Waals surface area contributed by atoms with Crippen LogP contribution in [0.15, 0.2) is 24.3 Å². The number of hydrogen-bond acceptors (Lipinski definition) is 4. The SMILES string of the molecule is CCCc1ccc([C@@H]2CN(C3CCC(=O)NC3=O)C(=O)O2)cc1. The summed E-state index contributed by atoms with van der Waals surface area (Å²) in [7, 11) is 0. The number of hydrogen-bond donors (Lipinski definition) is 1. The molecule has 0 spiro atoms. The van der Waals surface area contributed by atoms with E-state index in [4.69, 9.17) is 4.74 Å². The normalized spacial score (nSPS) is 24.6. The Labute approximate surface area is 134 Å². The van der Waals surface area contributed by atoms with Gasteiger partial charge in [0.05, 0.1) is 6.54 Å². The molecule has 2 fully saturated rings. The van der Waals surface area contributed by atoms with E-state index in [-0.39, 0.29) is 18.4 Å². The quantitative estimate of drug-likeness (QED) is 0.861. The second kappa shape index (κ2) is 6.40. The molecule has 0 aliphatic carbocycles. The molecule has 23 heavy (non-hydrogen) atoms.